The molecule has 0 saturated carbocycles. The lowest BCUT2D eigenvalue weighted by Gasteiger charge is -2.26. The van der Waals surface area contributed by atoms with Crippen molar-refractivity contribution in [3.05, 3.63) is 35.9 Å². The summed E-state index contributed by atoms with van der Waals surface area (Å²) < 4.78 is 5.30. The highest BCUT2D eigenvalue weighted by molar-refractivity contribution is 5.14. The van der Waals surface area contributed by atoms with Crippen molar-refractivity contribution in [3.63, 3.8) is 0 Å². The minimum absolute atomic E-state index is 0.882. The molecule has 3 nitrogen and oxygen atoms in total. The normalized spacial score (nSPS) is 16.7. The van der Waals surface area contributed by atoms with Crippen LogP contribution in [0.3, 0.4) is 0 Å². The molecule has 1 aliphatic heterocycles. The molecule has 0 atom stereocenters. The van der Waals surface area contributed by atoms with E-state index >= 15 is 0 Å². The van der Waals surface area contributed by atoms with Crippen molar-refractivity contribution in [1.29, 1.82) is 0 Å². The molecule has 1 aromatic carbocycles. The molecule has 0 radical (unpaired) electrons. The zero-order chi connectivity index (χ0) is 10.9. The Morgan fingerprint density at radius 3 is 2.33 bits per heavy atom. The average Bonchev–Trinajstić information content (AvgIpc) is 2.34. The van der Waals surface area contributed by atoms with Gasteiger partial charge in [-0.2, -0.15) is 0 Å². The Hall–Kier alpha value is -0.900. The van der Waals surface area contributed by atoms with Crippen LogP contribution in [0.5, 0.6) is 0 Å². The third-order valence-corrected chi connectivity index (χ3v) is 2.35. The van der Waals surface area contributed by atoms with E-state index in [4.69, 9.17) is 9.84 Å². The number of hydrogen-bond donors (Lipinski definition) is 1. The van der Waals surface area contributed by atoms with Gasteiger partial charge in [-0.15, -0.1) is 0 Å². The minimum atomic E-state index is 0.882. The van der Waals surface area contributed by atoms with Gasteiger partial charge in [0.15, 0.2) is 0 Å². The average molecular weight is 209 g/mol. The monoisotopic (exact) mass is 209 g/mol. The number of morpholine rings is 1. The van der Waals surface area contributed by atoms with Crippen LogP contribution in [0.2, 0.25) is 0 Å². The van der Waals surface area contributed by atoms with Crippen LogP contribution in [0.25, 0.3) is 0 Å². The molecule has 0 bridgehead atoms. The Labute approximate surface area is 91.3 Å². The van der Waals surface area contributed by atoms with Crippen molar-refractivity contribution in [1.82, 2.24) is 4.90 Å². The molecule has 1 N–H and O–H groups in total. The summed E-state index contributed by atoms with van der Waals surface area (Å²) in [5.41, 5.74) is 1.39. The molecule has 0 unspecified atom stereocenters. The second-order valence-electron chi connectivity index (χ2n) is 3.37. The fourth-order valence-electron chi connectivity index (χ4n) is 1.60. The predicted molar refractivity (Wildman–Crippen MR) is 60.7 cm³/mol. The van der Waals surface area contributed by atoms with Crippen LogP contribution in [0.4, 0.5) is 0 Å². The van der Waals surface area contributed by atoms with Gasteiger partial charge in [0.05, 0.1) is 13.2 Å². The molecule has 1 heterocycles. The number of ether oxygens (including phenoxy) is 1. The minimum Gasteiger partial charge on any atom is -0.400 e. The van der Waals surface area contributed by atoms with Crippen LogP contribution in [0.15, 0.2) is 30.3 Å². The SMILES string of the molecule is CO.c1ccc(CN2CCOCC2)cc1. The van der Waals surface area contributed by atoms with Gasteiger partial charge in [-0.3, -0.25) is 4.90 Å². The van der Waals surface area contributed by atoms with E-state index in [1.165, 1.54) is 5.56 Å². The molecule has 1 fully saturated rings. The van der Waals surface area contributed by atoms with Gasteiger partial charge in [-0.05, 0) is 5.56 Å². The van der Waals surface area contributed by atoms with Crippen LogP contribution < -0.4 is 0 Å². The highest BCUT2D eigenvalue weighted by atomic mass is 16.5. The number of nitrogens with zero attached hydrogens (tertiary/aromatic N) is 1. The summed E-state index contributed by atoms with van der Waals surface area (Å²) in [4.78, 5) is 2.43. The maximum Gasteiger partial charge on any atom is 0.0594 e. The molecule has 0 aromatic heterocycles. The van der Waals surface area contributed by atoms with E-state index in [2.05, 4.69) is 35.2 Å². The lowest BCUT2D eigenvalue weighted by Crippen LogP contribution is -2.35. The summed E-state index contributed by atoms with van der Waals surface area (Å²) in [5, 5.41) is 7.00. The van der Waals surface area contributed by atoms with Gasteiger partial charge < -0.3 is 9.84 Å². The number of benzene rings is 1. The van der Waals surface area contributed by atoms with E-state index < -0.39 is 0 Å². The van der Waals surface area contributed by atoms with Crippen molar-refractivity contribution >= 4 is 0 Å². The second-order valence-corrected chi connectivity index (χ2v) is 3.37. The van der Waals surface area contributed by atoms with E-state index in [0.29, 0.717) is 0 Å². The number of aliphatic hydroxyl groups excluding tert-OH is 1. The third kappa shape index (κ3) is 4.42. The van der Waals surface area contributed by atoms with E-state index in [9.17, 15) is 0 Å². The van der Waals surface area contributed by atoms with Gasteiger partial charge in [-0.1, -0.05) is 30.3 Å². The molecule has 1 aromatic rings. The van der Waals surface area contributed by atoms with Gasteiger partial charge in [0.25, 0.3) is 0 Å². The van der Waals surface area contributed by atoms with Crippen molar-refractivity contribution in [3.8, 4) is 0 Å². The van der Waals surface area contributed by atoms with Gasteiger partial charge in [0, 0.05) is 26.7 Å². The summed E-state index contributed by atoms with van der Waals surface area (Å²) >= 11 is 0. The standard InChI is InChI=1S/C11H15NO.CH4O/c1-2-4-11(5-3-1)10-12-6-8-13-9-7-12;1-2/h1-5H,6-10H2;2H,1H3. The van der Waals surface area contributed by atoms with E-state index in [1.54, 1.807) is 0 Å². The van der Waals surface area contributed by atoms with Crippen molar-refractivity contribution in [2.75, 3.05) is 33.4 Å². The number of rotatable bonds is 2. The first kappa shape index (κ1) is 12.2. The van der Waals surface area contributed by atoms with Crippen LogP contribution >= 0.6 is 0 Å². The zero-order valence-corrected chi connectivity index (χ0v) is 9.22. The zero-order valence-electron chi connectivity index (χ0n) is 9.22. The fourth-order valence-corrected chi connectivity index (χ4v) is 1.60. The van der Waals surface area contributed by atoms with Gasteiger partial charge >= 0.3 is 0 Å². The molecule has 1 saturated heterocycles. The molecule has 84 valence electrons. The van der Waals surface area contributed by atoms with Gasteiger partial charge in [0.1, 0.15) is 0 Å². The molecular weight excluding hydrogens is 190 g/mol. The molecule has 1 aliphatic rings. The molecular formula is C12H19NO2. The van der Waals surface area contributed by atoms with Crippen molar-refractivity contribution in [2.24, 2.45) is 0 Å². The Bertz CT molecular complexity index is 245. The Morgan fingerprint density at radius 1 is 1.13 bits per heavy atom. The lowest BCUT2D eigenvalue weighted by atomic mass is 10.2. The number of aliphatic hydroxyl groups is 1. The molecule has 0 amide bonds. The maximum absolute atomic E-state index is 7.00. The third-order valence-electron chi connectivity index (χ3n) is 2.35. The molecule has 0 aliphatic carbocycles. The van der Waals surface area contributed by atoms with E-state index in [-0.39, 0.29) is 0 Å². The summed E-state index contributed by atoms with van der Waals surface area (Å²) in [6, 6.07) is 10.6. The van der Waals surface area contributed by atoms with Crippen molar-refractivity contribution < 1.29 is 9.84 Å². The Morgan fingerprint density at radius 2 is 1.73 bits per heavy atom. The highest BCUT2D eigenvalue weighted by Gasteiger charge is 2.09. The second kappa shape index (κ2) is 7.40. The summed E-state index contributed by atoms with van der Waals surface area (Å²) in [6.45, 7) is 4.95. The van der Waals surface area contributed by atoms with Gasteiger partial charge in [0.2, 0.25) is 0 Å². The van der Waals surface area contributed by atoms with Crippen LogP contribution in [0, 0.1) is 0 Å². The van der Waals surface area contributed by atoms with Crippen molar-refractivity contribution in [2.45, 2.75) is 6.54 Å². The summed E-state index contributed by atoms with van der Waals surface area (Å²) in [7, 11) is 1.00. The maximum atomic E-state index is 7.00. The van der Waals surface area contributed by atoms with Crippen LogP contribution in [-0.2, 0) is 11.3 Å². The van der Waals surface area contributed by atoms with E-state index in [0.717, 1.165) is 40.0 Å². The quantitative estimate of drug-likeness (QED) is 0.792. The summed E-state index contributed by atoms with van der Waals surface area (Å²) in [5.74, 6) is 0. The van der Waals surface area contributed by atoms with E-state index in [1.807, 2.05) is 0 Å². The first-order valence-electron chi connectivity index (χ1n) is 5.24. The topological polar surface area (TPSA) is 32.7 Å². The molecule has 3 heteroatoms. The Balaban J connectivity index is 0.000000531. The molecule has 2 rings (SSSR count). The highest BCUT2D eigenvalue weighted by Crippen LogP contribution is 2.05. The number of hydrogen-bond acceptors (Lipinski definition) is 3. The van der Waals surface area contributed by atoms with Gasteiger partial charge in [-0.25, -0.2) is 0 Å². The smallest absolute Gasteiger partial charge is 0.0594 e. The van der Waals surface area contributed by atoms with Crippen LogP contribution in [0.1, 0.15) is 5.56 Å². The Kier molecular flexibility index (Phi) is 6.00. The largest absolute Gasteiger partial charge is 0.400 e. The first-order chi connectivity index (χ1) is 7.45. The molecule has 15 heavy (non-hydrogen) atoms. The first-order valence-corrected chi connectivity index (χ1v) is 5.24. The fraction of sp³-hybridized carbons (Fsp3) is 0.500. The van der Waals surface area contributed by atoms with Crippen LogP contribution in [-0.4, -0.2) is 43.4 Å². The summed E-state index contributed by atoms with van der Waals surface area (Å²) in [6.07, 6.45) is 0. The lowest BCUT2D eigenvalue weighted by molar-refractivity contribution is 0.0342. The molecule has 0 spiro atoms. The predicted octanol–water partition coefficient (Wildman–Crippen LogP) is 1.13.